The second-order valence-electron chi connectivity index (χ2n) is 3.02. The van der Waals surface area contributed by atoms with Crippen LogP contribution in [0.25, 0.3) is 0 Å². The highest BCUT2D eigenvalue weighted by Crippen LogP contribution is 1.94. The first-order valence-corrected chi connectivity index (χ1v) is 4.41. The predicted octanol–water partition coefficient (Wildman–Crippen LogP) is 0.841. The summed E-state index contributed by atoms with van der Waals surface area (Å²) in [7, 11) is 3.98. The van der Waals surface area contributed by atoms with Crippen LogP contribution in [-0.2, 0) is 9.47 Å². The van der Waals surface area contributed by atoms with E-state index in [2.05, 4.69) is 0 Å². The molecule has 0 fully saturated rings. The van der Waals surface area contributed by atoms with Crippen molar-refractivity contribution in [2.24, 2.45) is 0 Å². The highest BCUT2D eigenvalue weighted by molar-refractivity contribution is 4.67. The lowest BCUT2D eigenvalue weighted by molar-refractivity contribution is -0.130. The van der Waals surface area contributed by atoms with Gasteiger partial charge in [-0.2, -0.15) is 5.26 Å². The molecule has 13 heavy (non-hydrogen) atoms. The van der Waals surface area contributed by atoms with E-state index in [4.69, 9.17) is 14.7 Å². The van der Waals surface area contributed by atoms with Gasteiger partial charge in [-0.1, -0.05) is 0 Å². The monoisotopic (exact) mass is 186 g/mol. The van der Waals surface area contributed by atoms with Crippen molar-refractivity contribution in [3.8, 4) is 6.07 Å². The van der Waals surface area contributed by atoms with Crippen LogP contribution in [0.1, 0.15) is 13.3 Å². The number of ether oxygens (including phenoxy) is 2. The van der Waals surface area contributed by atoms with Gasteiger partial charge in [0.25, 0.3) is 0 Å². The molecule has 1 unspecified atom stereocenters. The minimum atomic E-state index is -0.215. The number of nitrogens with zero attached hydrogens (tertiary/aromatic N) is 2. The molecule has 4 nitrogen and oxygen atoms in total. The lowest BCUT2D eigenvalue weighted by atomic mass is 10.5. The summed E-state index contributed by atoms with van der Waals surface area (Å²) >= 11 is 0. The summed E-state index contributed by atoms with van der Waals surface area (Å²) in [5.74, 6) is 0. The van der Waals surface area contributed by atoms with Crippen molar-refractivity contribution in [1.29, 1.82) is 5.26 Å². The largest absolute Gasteiger partial charge is 0.352 e. The Labute approximate surface area is 80.0 Å². The zero-order valence-electron chi connectivity index (χ0n) is 8.62. The third-order valence-electron chi connectivity index (χ3n) is 1.46. The molecule has 0 bridgehead atoms. The van der Waals surface area contributed by atoms with E-state index in [9.17, 15) is 0 Å². The maximum absolute atomic E-state index is 8.25. The lowest BCUT2D eigenvalue weighted by Crippen LogP contribution is -2.22. The lowest BCUT2D eigenvalue weighted by Gasteiger charge is -2.15. The summed E-state index contributed by atoms with van der Waals surface area (Å²) in [6, 6.07) is 2.01. The zero-order valence-corrected chi connectivity index (χ0v) is 8.62. The van der Waals surface area contributed by atoms with Gasteiger partial charge in [0.1, 0.15) is 0 Å². The predicted molar refractivity (Wildman–Crippen MR) is 50.2 cm³/mol. The summed E-state index contributed by atoms with van der Waals surface area (Å²) in [6.45, 7) is 3.82. The highest BCUT2D eigenvalue weighted by atomic mass is 16.7. The van der Waals surface area contributed by atoms with Gasteiger partial charge in [0, 0.05) is 6.54 Å². The van der Waals surface area contributed by atoms with Gasteiger partial charge in [-0.05, 0) is 21.0 Å². The smallest absolute Gasteiger partial charge is 0.154 e. The van der Waals surface area contributed by atoms with Gasteiger partial charge in [-0.15, -0.1) is 0 Å². The van der Waals surface area contributed by atoms with Crippen LogP contribution in [0, 0.1) is 11.3 Å². The molecule has 0 saturated heterocycles. The summed E-state index contributed by atoms with van der Waals surface area (Å²) < 4.78 is 10.5. The Morgan fingerprint density at radius 2 is 1.92 bits per heavy atom. The topological polar surface area (TPSA) is 45.5 Å². The SMILES string of the molecule is CC(OCCC#N)OCCN(C)C. The maximum Gasteiger partial charge on any atom is 0.154 e. The molecule has 0 radical (unpaired) electrons. The second-order valence-corrected chi connectivity index (χ2v) is 3.02. The minimum absolute atomic E-state index is 0.215. The number of nitriles is 1. The molecule has 4 heteroatoms. The molecule has 0 aromatic carbocycles. The average Bonchev–Trinajstić information content (AvgIpc) is 2.04. The van der Waals surface area contributed by atoms with Gasteiger partial charge in [0.05, 0.1) is 25.7 Å². The van der Waals surface area contributed by atoms with Crippen molar-refractivity contribution >= 4 is 0 Å². The van der Waals surface area contributed by atoms with Crippen LogP contribution in [0.15, 0.2) is 0 Å². The van der Waals surface area contributed by atoms with Crippen LogP contribution < -0.4 is 0 Å². The first kappa shape index (κ1) is 12.4. The van der Waals surface area contributed by atoms with Gasteiger partial charge in [0.15, 0.2) is 6.29 Å². The normalized spacial score (nSPS) is 12.8. The van der Waals surface area contributed by atoms with Crippen LogP contribution in [0.3, 0.4) is 0 Å². The van der Waals surface area contributed by atoms with Crippen LogP contribution in [0.2, 0.25) is 0 Å². The summed E-state index contributed by atoms with van der Waals surface area (Å²) in [5, 5.41) is 8.25. The van der Waals surface area contributed by atoms with Crippen molar-refractivity contribution in [3.05, 3.63) is 0 Å². The van der Waals surface area contributed by atoms with Crippen LogP contribution >= 0.6 is 0 Å². The highest BCUT2D eigenvalue weighted by Gasteiger charge is 2.00. The molecule has 0 aliphatic heterocycles. The van der Waals surface area contributed by atoms with E-state index in [-0.39, 0.29) is 6.29 Å². The second kappa shape index (κ2) is 7.99. The van der Waals surface area contributed by atoms with E-state index in [0.717, 1.165) is 6.54 Å². The third-order valence-corrected chi connectivity index (χ3v) is 1.46. The fraction of sp³-hybridized carbons (Fsp3) is 0.889. The first-order chi connectivity index (χ1) is 6.16. The summed E-state index contributed by atoms with van der Waals surface area (Å²) in [5.41, 5.74) is 0. The van der Waals surface area contributed by atoms with Gasteiger partial charge in [-0.3, -0.25) is 0 Å². The van der Waals surface area contributed by atoms with Crippen molar-refractivity contribution in [2.45, 2.75) is 19.6 Å². The summed E-state index contributed by atoms with van der Waals surface area (Å²) in [6.07, 6.45) is 0.203. The minimum Gasteiger partial charge on any atom is -0.352 e. The van der Waals surface area contributed by atoms with E-state index in [1.807, 2.05) is 32.0 Å². The molecular weight excluding hydrogens is 168 g/mol. The van der Waals surface area contributed by atoms with Crippen LogP contribution in [-0.4, -0.2) is 45.0 Å². The molecule has 0 aliphatic rings. The van der Waals surface area contributed by atoms with E-state index in [0.29, 0.717) is 19.6 Å². The molecule has 0 heterocycles. The number of hydrogen-bond acceptors (Lipinski definition) is 4. The van der Waals surface area contributed by atoms with E-state index in [1.165, 1.54) is 0 Å². The number of hydrogen-bond donors (Lipinski definition) is 0. The van der Waals surface area contributed by atoms with Crippen molar-refractivity contribution < 1.29 is 9.47 Å². The zero-order chi connectivity index (χ0) is 10.1. The van der Waals surface area contributed by atoms with E-state index < -0.39 is 0 Å². The average molecular weight is 186 g/mol. The molecule has 76 valence electrons. The molecule has 0 spiro atoms. The Bertz CT molecular complexity index is 154. The maximum atomic E-state index is 8.25. The van der Waals surface area contributed by atoms with E-state index in [1.54, 1.807) is 0 Å². The summed E-state index contributed by atoms with van der Waals surface area (Å²) in [4.78, 5) is 2.04. The first-order valence-electron chi connectivity index (χ1n) is 4.41. The molecule has 0 aromatic rings. The van der Waals surface area contributed by atoms with Crippen molar-refractivity contribution in [2.75, 3.05) is 33.9 Å². The third kappa shape index (κ3) is 9.28. The molecule has 0 aromatic heterocycles. The number of rotatable bonds is 7. The Hall–Kier alpha value is -0.630. The fourth-order valence-electron chi connectivity index (χ4n) is 0.720. The van der Waals surface area contributed by atoms with Gasteiger partial charge >= 0.3 is 0 Å². The van der Waals surface area contributed by atoms with E-state index >= 15 is 0 Å². The van der Waals surface area contributed by atoms with Gasteiger partial charge in [-0.25, -0.2) is 0 Å². The molecule has 0 rings (SSSR count). The Morgan fingerprint density at radius 1 is 1.31 bits per heavy atom. The van der Waals surface area contributed by atoms with Crippen LogP contribution in [0.5, 0.6) is 0 Å². The van der Waals surface area contributed by atoms with Gasteiger partial charge < -0.3 is 14.4 Å². The van der Waals surface area contributed by atoms with Crippen molar-refractivity contribution in [1.82, 2.24) is 4.90 Å². The number of likely N-dealkylation sites (N-methyl/N-ethyl adjacent to an activating group) is 1. The Morgan fingerprint density at radius 3 is 2.46 bits per heavy atom. The fourth-order valence-corrected chi connectivity index (χ4v) is 0.720. The Balaban J connectivity index is 3.21. The molecule has 0 amide bonds. The molecule has 0 N–H and O–H groups in total. The molecule has 1 atom stereocenters. The Kier molecular flexibility index (Phi) is 7.60. The standard InChI is InChI=1S/C9H18N2O2/c1-9(12-7-4-5-10)13-8-6-11(2)3/h9H,4,6-8H2,1-3H3. The molecular formula is C9H18N2O2. The van der Waals surface area contributed by atoms with Crippen molar-refractivity contribution in [3.63, 3.8) is 0 Å². The molecule has 0 aliphatic carbocycles. The molecule has 0 saturated carbocycles. The van der Waals surface area contributed by atoms with Gasteiger partial charge in [0.2, 0.25) is 0 Å². The quantitative estimate of drug-likeness (QED) is 0.436. The van der Waals surface area contributed by atoms with Crippen LogP contribution in [0.4, 0.5) is 0 Å².